The van der Waals surface area contributed by atoms with Crippen molar-refractivity contribution in [1.82, 2.24) is 9.55 Å². The summed E-state index contributed by atoms with van der Waals surface area (Å²) in [5, 5.41) is 24.4. The number of nitrogens with one attached hydrogen (secondary N) is 2. The van der Waals surface area contributed by atoms with E-state index in [1.54, 1.807) is 0 Å². The maximum Gasteiger partial charge on any atom is 0.311 e. The SMILES string of the molecule is Cl.Cl.Cn1c(CNc2ccc(C(=N)N)cc2)nc2cc(C3CC3=C=NOCCC(C(=O)O)c3ccccc3)ccc21. The fourth-order valence-corrected chi connectivity index (χ4v) is 4.62. The first kappa shape index (κ1) is 31.2. The Morgan fingerprint density at radius 3 is 2.61 bits per heavy atom. The average molecular weight is 596 g/mol. The minimum atomic E-state index is -0.874. The molecule has 4 aromatic rings. The van der Waals surface area contributed by atoms with Crippen LogP contribution in [0.3, 0.4) is 0 Å². The van der Waals surface area contributed by atoms with Crippen molar-refractivity contribution in [3.05, 3.63) is 101 Å². The first-order chi connectivity index (χ1) is 18.9. The Balaban J connectivity index is 0.00000231. The highest BCUT2D eigenvalue weighted by Crippen LogP contribution is 2.45. The number of benzene rings is 3. The van der Waals surface area contributed by atoms with Crippen LogP contribution in [0.2, 0.25) is 0 Å². The Labute approximate surface area is 250 Å². The summed E-state index contributed by atoms with van der Waals surface area (Å²) >= 11 is 0. The number of hydrogen-bond donors (Lipinski definition) is 4. The van der Waals surface area contributed by atoms with Gasteiger partial charge in [-0.3, -0.25) is 10.2 Å². The molecule has 41 heavy (non-hydrogen) atoms. The maximum absolute atomic E-state index is 11.6. The van der Waals surface area contributed by atoms with Gasteiger partial charge in [0.05, 0.1) is 23.5 Å². The lowest BCUT2D eigenvalue weighted by Crippen LogP contribution is -2.13. The zero-order valence-corrected chi connectivity index (χ0v) is 24.0. The van der Waals surface area contributed by atoms with Crippen LogP contribution < -0.4 is 11.1 Å². The monoisotopic (exact) mass is 594 g/mol. The van der Waals surface area contributed by atoms with Gasteiger partial charge in [0.2, 0.25) is 0 Å². The topological polar surface area (TPSA) is 139 Å². The number of imidazole rings is 1. The van der Waals surface area contributed by atoms with Gasteiger partial charge in [-0.1, -0.05) is 36.4 Å². The van der Waals surface area contributed by atoms with Gasteiger partial charge in [0.1, 0.15) is 18.3 Å². The molecule has 1 aromatic heterocycles. The third-order valence-corrected chi connectivity index (χ3v) is 6.98. The highest BCUT2D eigenvalue weighted by Gasteiger charge is 2.32. The maximum atomic E-state index is 11.6. The third kappa shape index (κ3) is 7.46. The smallest absolute Gasteiger partial charge is 0.311 e. The number of carboxylic acids is 1. The minimum absolute atomic E-state index is 0. The van der Waals surface area contributed by atoms with Crippen molar-refractivity contribution >= 4 is 59.2 Å². The van der Waals surface area contributed by atoms with Crippen molar-refractivity contribution in [3.63, 3.8) is 0 Å². The average Bonchev–Trinajstić information content (AvgIpc) is 3.65. The molecule has 0 aliphatic heterocycles. The van der Waals surface area contributed by atoms with E-state index in [2.05, 4.69) is 39.1 Å². The summed E-state index contributed by atoms with van der Waals surface area (Å²) in [5.74, 6) is 2.68. The molecule has 1 aliphatic carbocycles. The molecule has 1 saturated carbocycles. The molecule has 0 radical (unpaired) electrons. The van der Waals surface area contributed by atoms with Crippen LogP contribution in [0.4, 0.5) is 5.69 Å². The number of aryl methyl sites for hydroxylation is 1. The van der Waals surface area contributed by atoms with E-state index in [4.69, 9.17) is 21.0 Å². The van der Waals surface area contributed by atoms with Crippen LogP contribution in [0.25, 0.3) is 11.0 Å². The van der Waals surface area contributed by atoms with Crippen molar-refractivity contribution in [3.8, 4) is 0 Å². The van der Waals surface area contributed by atoms with Gasteiger partial charge >= 0.3 is 5.97 Å². The molecule has 11 heteroatoms. The van der Waals surface area contributed by atoms with E-state index in [0.29, 0.717) is 18.5 Å². The van der Waals surface area contributed by atoms with E-state index in [1.165, 1.54) is 0 Å². The van der Waals surface area contributed by atoms with Gasteiger partial charge in [0.25, 0.3) is 0 Å². The standard InChI is InChI=1S/C30H30N6O3.2ClH/c1-36-27-12-9-21(16-26(27)35-28(36)18-33-23-10-7-20(8-11-23)29(31)32)25-15-22(25)17-34-39-14-13-24(30(37)38)19-5-3-2-4-6-19;;/h2-12,16,24-25,33H,13-15,18H2,1H3,(H3,31,32)(H,37,38);2*1H. The van der Waals surface area contributed by atoms with Gasteiger partial charge in [-0.2, -0.15) is 0 Å². The van der Waals surface area contributed by atoms with Crippen LogP contribution in [0.15, 0.2) is 83.5 Å². The van der Waals surface area contributed by atoms with Crippen molar-refractivity contribution in [2.45, 2.75) is 31.2 Å². The van der Waals surface area contributed by atoms with Crippen LogP contribution >= 0.6 is 24.8 Å². The zero-order valence-electron chi connectivity index (χ0n) is 22.4. The summed E-state index contributed by atoms with van der Waals surface area (Å²) in [6, 6.07) is 22.9. The minimum Gasteiger partial charge on any atom is -0.481 e. The number of nitrogens with two attached hydrogens (primary N) is 1. The number of amidine groups is 1. The fourth-order valence-electron chi connectivity index (χ4n) is 4.62. The Morgan fingerprint density at radius 1 is 1.20 bits per heavy atom. The first-order valence-corrected chi connectivity index (χ1v) is 12.8. The second-order valence-electron chi connectivity index (χ2n) is 9.59. The Kier molecular flexibility index (Phi) is 10.6. The van der Waals surface area contributed by atoms with Crippen molar-refractivity contribution in [2.75, 3.05) is 11.9 Å². The largest absolute Gasteiger partial charge is 0.481 e. The predicted molar refractivity (Wildman–Crippen MR) is 166 cm³/mol. The summed E-state index contributed by atoms with van der Waals surface area (Å²) in [5.41, 5.74) is 12.1. The van der Waals surface area contributed by atoms with Crippen LogP contribution in [-0.4, -0.2) is 38.9 Å². The van der Waals surface area contributed by atoms with Crippen molar-refractivity contribution in [1.29, 1.82) is 5.41 Å². The van der Waals surface area contributed by atoms with Crippen LogP contribution in [0, 0.1) is 5.41 Å². The quantitative estimate of drug-likeness (QED) is 0.0772. The molecule has 1 aliphatic rings. The summed E-state index contributed by atoms with van der Waals surface area (Å²) < 4.78 is 2.08. The zero-order chi connectivity index (χ0) is 27.4. The molecule has 0 bridgehead atoms. The molecule has 1 heterocycles. The molecular formula is C30H32Cl2N6O3. The van der Waals surface area contributed by atoms with Gasteiger partial charge in [0.15, 0.2) is 0 Å². The Bertz CT molecular complexity index is 1580. The van der Waals surface area contributed by atoms with E-state index in [9.17, 15) is 9.90 Å². The molecule has 2 unspecified atom stereocenters. The summed E-state index contributed by atoms with van der Waals surface area (Å²) in [6.07, 6.45) is 1.19. The normalized spacial score (nSPS) is 14.2. The van der Waals surface area contributed by atoms with Gasteiger partial charge in [-0.15, -0.1) is 24.8 Å². The number of nitrogens with zero attached hydrogens (tertiary/aromatic N) is 3. The molecule has 5 rings (SSSR count). The summed E-state index contributed by atoms with van der Waals surface area (Å²) in [4.78, 5) is 21.8. The molecule has 2 atom stereocenters. The fraction of sp³-hybridized carbons (Fsp3) is 0.233. The molecule has 214 valence electrons. The van der Waals surface area contributed by atoms with E-state index in [0.717, 1.165) is 45.7 Å². The second kappa shape index (κ2) is 13.9. The molecule has 1 fully saturated rings. The van der Waals surface area contributed by atoms with Gasteiger partial charge < -0.3 is 25.6 Å². The van der Waals surface area contributed by atoms with Crippen LogP contribution in [0.1, 0.15) is 47.2 Å². The Hall–Kier alpha value is -4.30. The number of anilines is 1. The number of allylic oxidation sites excluding steroid dienone is 1. The second-order valence-corrected chi connectivity index (χ2v) is 9.59. The van der Waals surface area contributed by atoms with Crippen molar-refractivity contribution in [2.24, 2.45) is 17.9 Å². The Morgan fingerprint density at radius 2 is 1.93 bits per heavy atom. The number of aliphatic carboxylic acids is 1. The highest BCUT2D eigenvalue weighted by atomic mass is 35.5. The number of rotatable bonds is 11. The number of hydrogen-bond acceptors (Lipinski definition) is 6. The van der Waals surface area contributed by atoms with Gasteiger partial charge in [0, 0.05) is 42.1 Å². The number of fused-ring (bicyclic) bond motifs is 1. The van der Waals surface area contributed by atoms with Gasteiger partial charge in [-0.05, 0) is 59.1 Å². The lowest BCUT2D eigenvalue weighted by molar-refractivity contribution is -0.139. The van der Waals surface area contributed by atoms with Crippen LogP contribution in [0.5, 0.6) is 0 Å². The predicted octanol–water partition coefficient (Wildman–Crippen LogP) is 5.59. The van der Waals surface area contributed by atoms with E-state index >= 15 is 0 Å². The van der Waals surface area contributed by atoms with Gasteiger partial charge in [-0.25, -0.2) is 4.98 Å². The molecule has 0 amide bonds. The summed E-state index contributed by atoms with van der Waals surface area (Å²) in [7, 11) is 2.00. The lowest BCUT2D eigenvalue weighted by atomic mass is 9.96. The van der Waals surface area contributed by atoms with E-state index in [-0.39, 0.29) is 43.2 Å². The number of nitrogen functional groups attached to an aromatic ring is 1. The summed E-state index contributed by atoms with van der Waals surface area (Å²) in [6.45, 7) is 0.764. The van der Waals surface area contributed by atoms with Crippen LogP contribution in [-0.2, 0) is 23.2 Å². The molecule has 9 nitrogen and oxygen atoms in total. The lowest BCUT2D eigenvalue weighted by Gasteiger charge is -2.11. The first-order valence-electron chi connectivity index (χ1n) is 12.8. The number of aromatic nitrogens is 2. The molecule has 3 aromatic carbocycles. The van der Waals surface area contributed by atoms with E-state index in [1.807, 2.05) is 61.6 Å². The highest BCUT2D eigenvalue weighted by molar-refractivity contribution is 5.95. The molecule has 0 spiro atoms. The van der Waals surface area contributed by atoms with Crippen molar-refractivity contribution < 1.29 is 14.7 Å². The number of carboxylic acid groups (broad SMARTS) is 1. The molecule has 5 N–H and O–H groups in total. The molecule has 0 saturated heterocycles. The third-order valence-electron chi connectivity index (χ3n) is 6.98. The molecular weight excluding hydrogens is 563 g/mol. The number of carbonyl (C=O) groups is 1. The van der Waals surface area contributed by atoms with E-state index < -0.39 is 11.9 Å². The number of halogens is 2.